The second kappa shape index (κ2) is 10.00. The molecule has 0 unspecified atom stereocenters. The van der Waals surface area contributed by atoms with Gasteiger partial charge in [-0.2, -0.15) is 0 Å². The Hall–Kier alpha value is -3.23. The zero-order valence-corrected chi connectivity index (χ0v) is 17.5. The van der Waals surface area contributed by atoms with Crippen LogP contribution in [0.5, 0.6) is 11.5 Å². The third kappa shape index (κ3) is 5.43. The zero-order chi connectivity index (χ0) is 21.5. The number of benzene rings is 2. The minimum absolute atomic E-state index is 0.131. The van der Waals surface area contributed by atoms with Crippen molar-refractivity contribution in [2.75, 3.05) is 19.0 Å². The lowest BCUT2D eigenvalue weighted by Crippen LogP contribution is -2.11. The molecule has 1 amide bonds. The highest BCUT2D eigenvalue weighted by Crippen LogP contribution is 2.31. The molecule has 0 aliphatic heterocycles. The van der Waals surface area contributed by atoms with E-state index in [1.165, 1.54) is 24.3 Å². The van der Waals surface area contributed by atoms with Gasteiger partial charge in [-0.15, -0.1) is 10.2 Å². The molecule has 0 saturated heterocycles. The molecule has 0 aliphatic carbocycles. The van der Waals surface area contributed by atoms with Gasteiger partial charge in [0.15, 0.2) is 16.5 Å². The van der Waals surface area contributed by atoms with Crippen LogP contribution in [-0.2, 0) is 0 Å². The van der Waals surface area contributed by atoms with Crippen molar-refractivity contribution < 1.29 is 18.7 Å². The summed E-state index contributed by atoms with van der Waals surface area (Å²) in [5.74, 6) is 0.285. The summed E-state index contributed by atoms with van der Waals surface area (Å²) in [6, 6.07) is 10.8. The Bertz CT molecular complexity index is 1080. The predicted octanol–water partition coefficient (Wildman–Crippen LogP) is 5.24. The van der Waals surface area contributed by atoms with Gasteiger partial charge >= 0.3 is 0 Å². The Morgan fingerprint density at radius 2 is 1.93 bits per heavy atom. The molecule has 3 aromatic rings. The fourth-order valence-electron chi connectivity index (χ4n) is 2.38. The van der Waals surface area contributed by atoms with E-state index in [4.69, 9.17) is 21.1 Å². The van der Waals surface area contributed by atoms with Crippen LogP contribution in [0.15, 0.2) is 55.1 Å². The van der Waals surface area contributed by atoms with Crippen molar-refractivity contribution in [1.29, 1.82) is 0 Å². The topological polar surface area (TPSA) is 73.3 Å². The van der Waals surface area contributed by atoms with Crippen LogP contribution in [0, 0.1) is 5.82 Å². The summed E-state index contributed by atoms with van der Waals surface area (Å²) < 4.78 is 23.8. The monoisotopic (exact) mass is 445 g/mol. The average molecular weight is 446 g/mol. The van der Waals surface area contributed by atoms with Crippen molar-refractivity contribution in [2.45, 2.75) is 0 Å². The van der Waals surface area contributed by atoms with Crippen LogP contribution >= 0.6 is 22.9 Å². The number of methoxy groups -OCH3 is 1. The number of aromatic nitrogens is 2. The molecule has 154 valence electrons. The number of carbonyl (C=O) groups excluding carboxylic acids is 1. The standard InChI is InChI=1S/C21H17ClFN3O3S/c1-3-10-29-17-9-4-13(12-18(17)28-2)11-16(22)20-25-26-21(30-20)19(27)24-15-7-5-14(23)6-8-15/h3-9,11-12H,1,10H2,2H3,(H,24,27)/b16-11-. The highest BCUT2D eigenvalue weighted by atomic mass is 35.5. The largest absolute Gasteiger partial charge is 0.493 e. The van der Waals surface area contributed by atoms with Crippen LogP contribution < -0.4 is 14.8 Å². The third-order valence-electron chi connectivity index (χ3n) is 3.76. The molecule has 2 aromatic carbocycles. The third-order valence-corrected chi connectivity index (χ3v) is 5.12. The fraction of sp³-hybridized carbons (Fsp3) is 0.0952. The van der Waals surface area contributed by atoms with Crippen molar-refractivity contribution in [1.82, 2.24) is 10.2 Å². The molecule has 0 radical (unpaired) electrons. The number of hydrogen-bond acceptors (Lipinski definition) is 6. The van der Waals surface area contributed by atoms with Crippen molar-refractivity contribution in [2.24, 2.45) is 0 Å². The lowest BCUT2D eigenvalue weighted by Gasteiger charge is -2.09. The summed E-state index contributed by atoms with van der Waals surface area (Å²) in [6.07, 6.45) is 3.33. The molecule has 1 heterocycles. The molecule has 0 bridgehead atoms. The molecule has 3 rings (SSSR count). The van der Waals surface area contributed by atoms with E-state index in [1.54, 1.807) is 31.4 Å². The second-order valence-electron chi connectivity index (χ2n) is 5.88. The maximum Gasteiger partial charge on any atom is 0.286 e. The number of carbonyl (C=O) groups is 1. The summed E-state index contributed by atoms with van der Waals surface area (Å²) in [5.41, 5.74) is 1.21. The van der Waals surface area contributed by atoms with E-state index >= 15 is 0 Å². The quantitative estimate of drug-likeness (QED) is 0.480. The maximum absolute atomic E-state index is 13.0. The van der Waals surface area contributed by atoms with E-state index in [1.807, 2.05) is 6.07 Å². The van der Waals surface area contributed by atoms with Crippen LogP contribution in [0.4, 0.5) is 10.1 Å². The number of nitrogens with one attached hydrogen (secondary N) is 1. The van der Waals surface area contributed by atoms with Gasteiger partial charge in [0, 0.05) is 5.69 Å². The summed E-state index contributed by atoms with van der Waals surface area (Å²) in [7, 11) is 1.54. The van der Waals surface area contributed by atoms with E-state index in [0.29, 0.717) is 33.8 Å². The molecule has 0 saturated carbocycles. The molecule has 30 heavy (non-hydrogen) atoms. The lowest BCUT2D eigenvalue weighted by atomic mass is 10.2. The van der Waals surface area contributed by atoms with Gasteiger partial charge in [-0.1, -0.05) is 41.7 Å². The molecule has 0 fully saturated rings. The van der Waals surface area contributed by atoms with Crippen LogP contribution in [0.3, 0.4) is 0 Å². The van der Waals surface area contributed by atoms with Gasteiger partial charge in [0.05, 0.1) is 12.1 Å². The van der Waals surface area contributed by atoms with Crippen molar-refractivity contribution in [3.8, 4) is 11.5 Å². The van der Waals surface area contributed by atoms with Gasteiger partial charge in [-0.25, -0.2) is 4.39 Å². The Labute approximate surface area is 181 Å². The van der Waals surface area contributed by atoms with Gasteiger partial charge < -0.3 is 14.8 Å². The average Bonchev–Trinajstić information content (AvgIpc) is 3.25. The number of anilines is 1. The summed E-state index contributed by atoms with van der Waals surface area (Å²) in [5, 5.41) is 11.3. The van der Waals surface area contributed by atoms with Gasteiger partial charge in [-0.05, 0) is 48.0 Å². The normalized spacial score (nSPS) is 11.1. The predicted molar refractivity (Wildman–Crippen MR) is 117 cm³/mol. The van der Waals surface area contributed by atoms with Crippen molar-refractivity contribution in [3.63, 3.8) is 0 Å². The SMILES string of the molecule is C=CCOc1ccc(/C=C(\Cl)c2nnc(C(=O)Nc3ccc(F)cc3)s2)cc1OC. The van der Waals surface area contributed by atoms with Gasteiger partial charge in [0.1, 0.15) is 12.4 Å². The first-order valence-corrected chi connectivity index (χ1v) is 9.89. The van der Waals surface area contributed by atoms with Crippen LogP contribution in [-0.4, -0.2) is 29.8 Å². The van der Waals surface area contributed by atoms with Crippen molar-refractivity contribution >= 4 is 45.6 Å². The molecular formula is C21H17ClFN3O3S. The van der Waals surface area contributed by atoms with Crippen LogP contribution in [0.2, 0.25) is 0 Å². The number of rotatable bonds is 8. The minimum atomic E-state index is -0.458. The Morgan fingerprint density at radius 3 is 2.63 bits per heavy atom. The van der Waals surface area contributed by atoms with E-state index in [0.717, 1.165) is 16.9 Å². The first kappa shape index (κ1) is 21.5. The number of amides is 1. The molecule has 0 atom stereocenters. The number of ether oxygens (including phenoxy) is 2. The zero-order valence-electron chi connectivity index (χ0n) is 15.9. The molecule has 1 N–H and O–H groups in total. The molecular weight excluding hydrogens is 429 g/mol. The second-order valence-corrected chi connectivity index (χ2v) is 7.26. The van der Waals surface area contributed by atoms with Gasteiger partial charge in [-0.3, -0.25) is 4.79 Å². The molecule has 1 aromatic heterocycles. The fourth-order valence-corrected chi connectivity index (χ4v) is 3.31. The van der Waals surface area contributed by atoms with E-state index < -0.39 is 5.91 Å². The first-order chi connectivity index (χ1) is 14.5. The number of nitrogens with zero attached hydrogens (tertiary/aromatic N) is 2. The number of halogens is 2. The molecule has 9 heteroatoms. The van der Waals surface area contributed by atoms with E-state index in [-0.39, 0.29) is 10.8 Å². The highest BCUT2D eigenvalue weighted by molar-refractivity contribution is 7.15. The van der Waals surface area contributed by atoms with Crippen molar-refractivity contribution in [3.05, 3.63) is 76.5 Å². The first-order valence-electron chi connectivity index (χ1n) is 8.70. The summed E-state index contributed by atoms with van der Waals surface area (Å²) in [4.78, 5) is 12.3. The molecule has 0 spiro atoms. The van der Waals surface area contributed by atoms with E-state index in [2.05, 4.69) is 22.1 Å². The maximum atomic E-state index is 13.0. The van der Waals surface area contributed by atoms with Crippen LogP contribution in [0.25, 0.3) is 11.1 Å². The minimum Gasteiger partial charge on any atom is -0.493 e. The Kier molecular flexibility index (Phi) is 7.16. The van der Waals surface area contributed by atoms with Crippen LogP contribution in [0.1, 0.15) is 20.4 Å². The Balaban J connectivity index is 1.74. The lowest BCUT2D eigenvalue weighted by molar-refractivity contribution is 0.102. The van der Waals surface area contributed by atoms with E-state index in [9.17, 15) is 9.18 Å². The Morgan fingerprint density at radius 1 is 1.20 bits per heavy atom. The van der Waals surface area contributed by atoms with Gasteiger partial charge in [0.2, 0.25) is 5.01 Å². The molecule has 0 aliphatic rings. The van der Waals surface area contributed by atoms with Gasteiger partial charge in [0.25, 0.3) is 5.91 Å². The highest BCUT2D eigenvalue weighted by Gasteiger charge is 2.15. The smallest absolute Gasteiger partial charge is 0.286 e. The number of hydrogen-bond donors (Lipinski definition) is 1. The summed E-state index contributed by atoms with van der Waals surface area (Å²) in [6.45, 7) is 3.98. The molecule has 6 nitrogen and oxygen atoms in total. The summed E-state index contributed by atoms with van der Waals surface area (Å²) >= 11 is 7.40.